The molecule has 1 aliphatic rings. The zero-order chi connectivity index (χ0) is 19.2. The number of aliphatic hydroxyl groups is 1. The van der Waals surface area contributed by atoms with Crippen LogP contribution in [-0.2, 0) is 4.79 Å². The van der Waals surface area contributed by atoms with Crippen molar-refractivity contribution in [3.05, 3.63) is 64.7 Å². The summed E-state index contributed by atoms with van der Waals surface area (Å²) in [6.45, 7) is 1.92. The molecule has 0 spiro atoms. The molecule has 1 aliphatic carbocycles. The van der Waals surface area contributed by atoms with E-state index in [1.807, 2.05) is 48.5 Å². The third-order valence-corrected chi connectivity index (χ3v) is 5.36. The summed E-state index contributed by atoms with van der Waals surface area (Å²) in [7, 11) is 0. The molecule has 1 saturated carbocycles. The maximum Gasteiger partial charge on any atom is 0.308 e. The van der Waals surface area contributed by atoms with Gasteiger partial charge in [-0.2, -0.15) is 0 Å². The van der Waals surface area contributed by atoms with Crippen molar-refractivity contribution < 1.29 is 14.6 Å². The second kappa shape index (κ2) is 9.36. The standard InChI is InChI=1S/C22H26ClNO3/c1-15(25)27-21-10-8-16(9-11-21)17-4-3-7-20(13-17)24-14-22(26)18-5-2-6-19(23)12-18/h2,5-6,8-12,17,20,22,24,26H,3-4,7,13-14H2,1H3. The first-order valence-corrected chi connectivity index (χ1v) is 9.84. The molecule has 2 aromatic carbocycles. The molecule has 0 aromatic heterocycles. The van der Waals surface area contributed by atoms with Crippen LogP contribution in [0.2, 0.25) is 5.02 Å². The van der Waals surface area contributed by atoms with Crippen molar-refractivity contribution in [3.63, 3.8) is 0 Å². The molecule has 144 valence electrons. The Bertz CT molecular complexity index is 762. The van der Waals surface area contributed by atoms with Gasteiger partial charge < -0.3 is 15.2 Å². The number of nitrogens with one attached hydrogen (secondary N) is 1. The lowest BCUT2D eigenvalue weighted by Crippen LogP contribution is -2.36. The van der Waals surface area contributed by atoms with Crippen molar-refractivity contribution in [1.82, 2.24) is 5.32 Å². The second-order valence-corrected chi connectivity index (χ2v) is 7.64. The highest BCUT2D eigenvalue weighted by atomic mass is 35.5. The van der Waals surface area contributed by atoms with Crippen molar-refractivity contribution in [3.8, 4) is 5.75 Å². The van der Waals surface area contributed by atoms with Gasteiger partial charge in [-0.1, -0.05) is 42.3 Å². The molecule has 1 fully saturated rings. The molecular weight excluding hydrogens is 362 g/mol. The van der Waals surface area contributed by atoms with E-state index in [1.54, 1.807) is 0 Å². The van der Waals surface area contributed by atoms with Gasteiger partial charge in [-0.3, -0.25) is 4.79 Å². The number of esters is 1. The molecule has 3 rings (SSSR count). The molecule has 2 aromatic rings. The fourth-order valence-electron chi connectivity index (χ4n) is 3.76. The molecule has 0 aliphatic heterocycles. The topological polar surface area (TPSA) is 58.6 Å². The number of ether oxygens (including phenoxy) is 1. The van der Waals surface area contributed by atoms with Crippen LogP contribution in [0.4, 0.5) is 0 Å². The number of halogens is 1. The van der Waals surface area contributed by atoms with Gasteiger partial charge in [-0.05, 0) is 60.6 Å². The van der Waals surface area contributed by atoms with Gasteiger partial charge in [0.05, 0.1) is 6.10 Å². The van der Waals surface area contributed by atoms with E-state index in [9.17, 15) is 9.90 Å². The van der Waals surface area contributed by atoms with Crippen LogP contribution in [0.5, 0.6) is 5.75 Å². The number of rotatable bonds is 6. The molecule has 0 saturated heterocycles. The first-order valence-electron chi connectivity index (χ1n) is 9.46. The van der Waals surface area contributed by atoms with Crippen molar-refractivity contribution in [2.24, 2.45) is 0 Å². The highest BCUT2D eigenvalue weighted by Crippen LogP contribution is 2.34. The Morgan fingerprint density at radius 3 is 2.74 bits per heavy atom. The molecule has 0 radical (unpaired) electrons. The third kappa shape index (κ3) is 5.80. The van der Waals surface area contributed by atoms with Crippen molar-refractivity contribution >= 4 is 17.6 Å². The Morgan fingerprint density at radius 1 is 1.26 bits per heavy atom. The van der Waals surface area contributed by atoms with E-state index in [0.717, 1.165) is 31.2 Å². The average Bonchev–Trinajstić information content (AvgIpc) is 2.66. The third-order valence-electron chi connectivity index (χ3n) is 5.12. The van der Waals surface area contributed by atoms with Crippen LogP contribution >= 0.6 is 11.6 Å². The summed E-state index contributed by atoms with van der Waals surface area (Å²) < 4.78 is 5.10. The zero-order valence-electron chi connectivity index (χ0n) is 15.5. The van der Waals surface area contributed by atoms with Gasteiger partial charge in [-0.15, -0.1) is 0 Å². The van der Waals surface area contributed by atoms with Crippen molar-refractivity contribution in [2.45, 2.75) is 50.7 Å². The molecule has 5 heteroatoms. The van der Waals surface area contributed by atoms with Crippen LogP contribution in [0.25, 0.3) is 0 Å². The summed E-state index contributed by atoms with van der Waals surface area (Å²) >= 11 is 6.00. The van der Waals surface area contributed by atoms with Gasteiger partial charge in [0.25, 0.3) is 0 Å². The van der Waals surface area contributed by atoms with E-state index in [2.05, 4.69) is 5.32 Å². The monoisotopic (exact) mass is 387 g/mol. The number of benzene rings is 2. The molecule has 3 unspecified atom stereocenters. The highest BCUT2D eigenvalue weighted by Gasteiger charge is 2.23. The summed E-state index contributed by atoms with van der Waals surface area (Å²) in [5.41, 5.74) is 2.11. The Morgan fingerprint density at radius 2 is 2.04 bits per heavy atom. The molecule has 0 bridgehead atoms. The SMILES string of the molecule is CC(=O)Oc1ccc(C2CCCC(NCC(O)c3cccc(Cl)c3)C2)cc1. The van der Waals surface area contributed by atoms with Crippen LogP contribution in [0.1, 0.15) is 55.8 Å². The van der Waals surface area contributed by atoms with Gasteiger partial charge >= 0.3 is 5.97 Å². The van der Waals surface area contributed by atoms with Crippen molar-refractivity contribution in [1.29, 1.82) is 0 Å². The summed E-state index contributed by atoms with van der Waals surface area (Å²) in [4.78, 5) is 11.0. The minimum Gasteiger partial charge on any atom is -0.427 e. The minimum absolute atomic E-state index is 0.303. The predicted octanol–water partition coefficient (Wildman–Crippen LogP) is 4.61. The largest absolute Gasteiger partial charge is 0.427 e. The van der Waals surface area contributed by atoms with E-state index >= 15 is 0 Å². The van der Waals surface area contributed by atoms with Gasteiger partial charge in [0.2, 0.25) is 0 Å². The predicted molar refractivity (Wildman–Crippen MR) is 107 cm³/mol. The maximum absolute atomic E-state index is 11.0. The average molecular weight is 388 g/mol. The number of hydrogen-bond donors (Lipinski definition) is 2. The highest BCUT2D eigenvalue weighted by molar-refractivity contribution is 6.30. The zero-order valence-corrected chi connectivity index (χ0v) is 16.3. The lowest BCUT2D eigenvalue weighted by Gasteiger charge is -2.31. The minimum atomic E-state index is -0.563. The molecule has 27 heavy (non-hydrogen) atoms. The van der Waals surface area contributed by atoms with Gasteiger partial charge in [0.1, 0.15) is 5.75 Å². The van der Waals surface area contributed by atoms with Crippen molar-refractivity contribution in [2.75, 3.05) is 6.54 Å². The summed E-state index contributed by atoms with van der Waals surface area (Å²) in [6, 6.07) is 15.6. The lowest BCUT2D eigenvalue weighted by atomic mass is 9.81. The number of hydrogen-bond acceptors (Lipinski definition) is 4. The molecule has 4 nitrogen and oxygen atoms in total. The Kier molecular flexibility index (Phi) is 6.89. The first kappa shape index (κ1) is 19.9. The molecule has 0 amide bonds. The van der Waals surface area contributed by atoms with Gasteiger partial charge in [0, 0.05) is 24.5 Å². The van der Waals surface area contributed by atoms with Crippen LogP contribution in [0.3, 0.4) is 0 Å². The molecular formula is C22H26ClNO3. The maximum atomic E-state index is 11.0. The molecule has 3 atom stereocenters. The summed E-state index contributed by atoms with van der Waals surface area (Å²) in [6.07, 6.45) is 3.90. The summed E-state index contributed by atoms with van der Waals surface area (Å²) in [5, 5.41) is 14.6. The Balaban J connectivity index is 1.54. The van der Waals surface area contributed by atoms with Gasteiger partial charge in [-0.25, -0.2) is 0 Å². The quantitative estimate of drug-likeness (QED) is 0.561. The Labute approximate surface area is 165 Å². The van der Waals surface area contributed by atoms with Gasteiger partial charge in [0.15, 0.2) is 0 Å². The van der Waals surface area contributed by atoms with Crippen LogP contribution in [0.15, 0.2) is 48.5 Å². The number of carbonyl (C=O) groups is 1. The van der Waals surface area contributed by atoms with Crippen LogP contribution in [0, 0.1) is 0 Å². The fourth-order valence-corrected chi connectivity index (χ4v) is 3.96. The van der Waals surface area contributed by atoms with Crippen LogP contribution < -0.4 is 10.1 Å². The van der Waals surface area contributed by atoms with E-state index in [1.165, 1.54) is 12.5 Å². The normalized spacial score (nSPS) is 20.9. The molecule has 0 heterocycles. The van der Waals surface area contributed by atoms with E-state index < -0.39 is 6.10 Å². The second-order valence-electron chi connectivity index (χ2n) is 7.20. The van der Waals surface area contributed by atoms with E-state index in [0.29, 0.717) is 29.3 Å². The number of carbonyl (C=O) groups excluding carboxylic acids is 1. The lowest BCUT2D eigenvalue weighted by molar-refractivity contribution is -0.131. The fraction of sp³-hybridized carbons (Fsp3) is 0.409. The first-order chi connectivity index (χ1) is 13.0. The smallest absolute Gasteiger partial charge is 0.308 e. The van der Waals surface area contributed by atoms with Crippen LogP contribution in [-0.4, -0.2) is 23.7 Å². The van der Waals surface area contributed by atoms with E-state index in [4.69, 9.17) is 16.3 Å². The summed E-state index contributed by atoms with van der Waals surface area (Å²) in [5.74, 6) is 0.760. The van der Waals surface area contributed by atoms with E-state index in [-0.39, 0.29) is 5.97 Å². The Hall–Kier alpha value is -1.88. The number of aliphatic hydroxyl groups excluding tert-OH is 1. The molecule has 2 N–H and O–H groups in total.